The van der Waals surface area contributed by atoms with E-state index in [1.54, 1.807) is 0 Å². The molecule has 1 saturated heterocycles. The molecule has 0 saturated carbocycles. The van der Waals surface area contributed by atoms with Gasteiger partial charge in [0.25, 0.3) is 0 Å². The van der Waals surface area contributed by atoms with Crippen LogP contribution in [0.2, 0.25) is 0 Å². The molecule has 29 heavy (non-hydrogen) atoms. The van der Waals surface area contributed by atoms with Crippen LogP contribution in [0.3, 0.4) is 0 Å². The Kier molecular flexibility index (Phi) is 6.24. The average Bonchev–Trinajstić information content (AvgIpc) is 3.40. The van der Waals surface area contributed by atoms with E-state index >= 15 is 0 Å². The highest BCUT2D eigenvalue weighted by molar-refractivity contribution is 5.81. The van der Waals surface area contributed by atoms with Gasteiger partial charge in [0.2, 0.25) is 0 Å². The van der Waals surface area contributed by atoms with E-state index in [-0.39, 0.29) is 6.10 Å². The third kappa shape index (κ3) is 4.85. The van der Waals surface area contributed by atoms with Crippen LogP contribution in [0, 0.1) is 6.92 Å². The smallest absolute Gasteiger partial charge is 0.194 e. The molecule has 1 aromatic carbocycles. The predicted octanol–water partition coefficient (Wildman–Crippen LogP) is 2.54. The summed E-state index contributed by atoms with van der Waals surface area (Å²) in [5.74, 6) is 2.69. The topological polar surface area (TPSA) is 67.6 Å². The van der Waals surface area contributed by atoms with Crippen LogP contribution in [0.5, 0.6) is 0 Å². The molecule has 4 rings (SSSR count). The summed E-state index contributed by atoms with van der Waals surface area (Å²) in [5, 5.41) is 11.9. The molecule has 3 heterocycles. The maximum Gasteiger partial charge on any atom is 0.194 e. The standard InChI is InChI=1S/C22H30N6O/c1-17-25-26-21(27(17)2)16-24-22(23-15-20-9-6-14-29-20)28-12-10-19(11-13-28)18-7-4-3-5-8-18/h3-5,7-8,10,20H,6,9,11-16H2,1-2H3,(H,23,24). The molecule has 1 N–H and O–H groups in total. The lowest BCUT2D eigenvalue weighted by Gasteiger charge is -2.30. The highest BCUT2D eigenvalue weighted by Gasteiger charge is 2.20. The van der Waals surface area contributed by atoms with Gasteiger partial charge in [-0.2, -0.15) is 0 Å². The fourth-order valence-corrected chi connectivity index (χ4v) is 3.79. The van der Waals surface area contributed by atoms with Crippen molar-refractivity contribution >= 4 is 11.5 Å². The highest BCUT2D eigenvalue weighted by Crippen LogP contribution is 2.22. The number of aliphatic imine (C=N–C) groups is 1. The van der Waals surface area contributed by atoms with Gasteiger partial charge in [0.1, 0.15) is 12.4 Å². The Hall–Kier alpha value is -2.67. The second kappa shape index (κ2) is 9.22. The lowest BCUT2D eigenvalue weighted by Crippen LogP contribution is -2.45. The fraction of sp³-hybridized carbons (Fsp3) is 0.500. The molecule has 1 unspecified atom stereocenters. The van der Waals surface area contributed by atoms with Gasteiger partial charge in [0.05, 0.1) is 6.10 Å². The zero-order valence-corrected chi connectivity index (χ0v) is 17.3. The molecular formula is C22H30N6O. The van der Waals surface area contributed by atoms with Crippen molar-refractivity contribution in [2.75, 3.05) is 26.2 Å². The first-order chi connectivity index (χ1) is 14.2. The van der Waals surface area contributed by atoms with Gasteiger partial charge in [0.15, 0.2) is 11.8 Å². The minimum atomic E-state index is 0.275. The Morgan fingerprint density at radius 2 is 2.14 bits per heavy atom. The van der Waals surface area contributed by atoms with Crippen LogP contribution in [-0.4, -0.2) is 58.0 Å². The Bertz CT molecular complexity index is 867. The molecule has 2 aliphatic rings. The van der Waals surface area contributed by atoms with Crippen LogP contribution >= 0.6 is 0 Å². The third-order valence-corrected chi connectivity index (χ3v) is 5.72. The molecule has 0 amide bonds. The van der Waals surface area contributed by atoms with Gasteiger partial charge in [-0.25, -0.2) is 4.99 Å². The van der Waals surface area contributed by atoms with E-state index in [4.69, 9.17) is 9.73 Å². The van der Waals surface area contributed by atoms with Crippen molar-refractivity contribution in [1.29, 1.82) is 0 Å². The van der Waals surface area contributed by atoms with Crippen molar-refractivity contribution in [3.05, 3.63) is 53.6 Å². The number of benzene rings is 1. The molecule has 0 bridgehead atoms. The van der Waals surface area contributed by atoms with Crippen LogP contribution in [0.25, 0.3) is 5.57 Å². The molecule has 154 valence electrons. The summed E-state index contributed by atoms with van der Waals surface area (Å²) in [6, 6.07) is 10.6. The number of hydrogen-bond acceptors (Lipinski definition) is 4. The first kappa shape index (κ1) is 19.6. The summed E-state index contributed by atoms with van der Waals surface area (Å²) < 4.78 is 7.77. The number of nitrogens with one attached hydrogen (secondary N) is 1. The van der Waals surface area contributed by atoms with Crippen LogP contribution < -0.4 is 5.32 Å². The summed E-state index contributed by atoms with van der Waals surface area (Å²) in [5.41, 5.74) is 2.72. The second-order valence-electron chi connectivity index (χ2n) is 7.67. The van der Waals surface area contributed by atoms with Crippen molar-refractivity contribution in [3.63, 3.8) is 0 Å². The first-order valence-electron chi connectivity index (χ1n) is 10.4. The van der Waals surface area contributed by atoms with E-state index in [0.29, 0.717) is 6.54 Å². The Labute approximate surface area is 172 Å². The Balaban J connectivity index is 1.46. The minimum Gasteiger partial charge on any atom is -0.376 e. The Morgan fingerprint density at radius 1 is 1.28 bits per heavy atom. The molecule has 2 aromatic rings. The maximum atomic E-state index is 5.78. The zero-order valence-electron chi connectivity index (χ0n) is 17.3. The van der Waals surface area contributed by atoms with E-state index in [2.05, 4.69) is 56.8 Å². The number of aryl methyl sites for hydroxylation is 1. The summed E-state index contributed by atoms with van der Waals surface area (Å²) in [6.07, 6.45) is 5.85. The first-order valence-corrected chi connectivity index (χ1v) is 10.4. The number of aromatic nitrogens is 3. The molecule has 1 atom stereocenters. The Morgan fingerprint density at radius 3 is 2.79 bits per heavy atom. The number of ether oxygens (including phenoxy) is 1. The largest absolute Gasteiger partial charge is 0.376 e. The van der Waals surface area contributed by atoms with Crippen molar-refractivity contribution in [1.82, 2.24) is 25.0 Å². The molecule has 1 fully saturated rings. The summed E-state index contributed by atoms with van der Waals surface area (Å²) in [4.78, 5) is 7.18. The summed E-state index contributed by atoms with van der Waals surface area (Å²) in [6.45, 7) is 5.91. The zero-order chi connectivity index (χ0) is 20.1. The van der Waals surface area contributed by atoms with Gasteiger partial charge in [-0.15, -0.1) is 10.2 Å². The minimum absolute atomic E-state index is 0.275. The van der Waals surface area contributed by atoms with Gasteiger partial charge >= 0.3 is 0 Å². The van der Waals surface area contributed by atoms with E-state index in [0.717, 1.165) is 63.1 Å². The number of rotatable bonds is 5. The molecule has 0 radical (unpaired) electrons. The highest BCUT2D eigenvalue weighted by atomic mass is 16.5. The van der Waals surface area contributed by atoms with Crippen LogP contribution in [0.15, 0.2) is 41.4 Å². The molecular weight excluding hydrogens is 364 g/mol. The van der Waals surface area contributed by atoms with Gasteiger partial charge in [0, 0.05) is 33.3 Å². The van der Waals surface area contributed by atoms with Crippen LogP contribution in [0.1, 0.15) is 36.5 Å². The van der Waals surface area contributed by atoms with E-state index < -0.39 is 0 Å². The number of nitrogens with zero attached hydrogens (tertiary/aromatic N) is 5. The summed E-state index contributed by atoms with van der Waals surface area (Å²) in [7, 11) is 1.98. The van der Waals surface area contributed by atoms with Crippen molar-refractivity contribution in [2.24, 2.45) is 12.0 Å². The lowest BCUT2D eigenvalue weighted by atomic mass is 10.00. The molecule has 7 nitrogen and oxygen atoms in total. The average molecular weight is 395 g/mol. The van der Waals surface area contributed by atoms with Gasteiger partial charge in [-0.05, 0) is 37.3 Å². The molecule has 2 aliphatic heterocycles. The van der Waals surface area contributed by atoms with Gasteiger partial charge in [-0.3, -0.25) is 0 Å². The molecule has 0 aliphatic carbocycles. The van der Waals surface area contributed by atoms with E-state index in [9.17, 15) is 0 Å². The van der Waals surface area contributed by atoms with Crippen molar-refractivity contribution < 1.29 is 4.74 Å². The normalized spacial score (nSPS) is 20.1. The SMILES string of the molecule is Cc1nnc(CN=C(NCC2CCCO2)N2CC=C(c3ccccc3)CC2)n1C. The third-order valence-electron chi connectivity index (χ3n) is 5.72. The fourth-order valence-electron chi connectivity index (χ4n) is 3.79. The maximum absolute atomic E-state index is 5.78. The van der Waals surface area contributed by atoms with Crippen LogP contribution in [-0.2, 0) is 18.3 Å². The van der Waals surface area contributed by atoms with Gasteiger partial charge < -0.3 is 19.5 Å². The van der Waals surface area contributed by atoms with Crippen LogP contribution in [0.4, 0.5) is 0 Å². The van der Waals surface area contributed by atoms with E-state index in [1.807, 2.05) is 18.5 Å². The van der Waals surface area contributed by atoms with E-state index in [1.165, 1.54) is 11.1 Å². The van der Waals surface area contributed by atoms with Crippen molar-refractivity contribution in [2.45, 2.75) is 38.8 Å². The quantitative estimate of drug-likeness (QED) is 0.624. The summed E-state index contributed by atoms with van der Waals surface area (Å²) >= 11 is 0. The monoisotopic (exact) mass is 394 g/mol. The number of guanidine groups is 1. The lowest BCUT2D eigenvalue weighted by molar-refractivity contribution is 0.113. The molecule has 0 spiro atoms. The molecule has 7 heteroatoms. The molecule has 1 aromatic heterocycles. The second-order valence-corrected chi connectivity index (χ2v) is 7.67. The van der Waals surface area contributed by atoms with Gasteiger partial charge in [-0.1, -0.05) is 36.4 Å². The van der Waals surface area contributed by atoms with Crippen molar-refractivity contribution in [3.8, 4) is 0 Å². The number of hydrogen-bond donors (Lipinski definition) is 1. The predicted molar refractivity (Wildman–Crippen MR) is 114 cm³/mol.